The van der Waals surface area contributed by atoms with Crippen LogP contribution in [-0.4, -0.2) is 33.5 Å². The molecule has 1 aromatic carbocycles. The van der Waals surface area contributed by atoms with Crippen LogP contribution in [0.25, 0.3) is 20.4 Å². The van der Waals surface area contributed by atoms with Gasteiger partial charge in [-0.15, -0.1) is 11.3 Å². The van der Waals surface area contributed by atoms with E-state index >= 15 is 0 Å². The SMILES string of the molecule is COC(=O)c1ccc(NC(=O)Cn2cnc3c(sc4ncccc43)c2=O)cc1. The minimum atomic E-state index is -0.457. The lowest BCUT2D eigenvalue weighted by molar-refractivity contribution is -0.116. The standard InChI is InChI=1S/C19H14N4O4S/c1-27-19(26)11-4-6-12(7-5-11)22-14(24)9-23-10-21-15-13-3-2-8-20-17(13)28-16(15)18(23)25/h2-8,10H,9H2,1H3,(H,22,24). The van der Waals surface area contributed by atoms with Crippen LogP contribution >= 0.6 is 11.3 Å². The van der Waals surface area contributed by atoms with Crippen molar-refractivity contribution in [1.82, 2.24) is 14.5 Å². The first kappa shape index (κ1) is 17.8. The lowest BCUT2D eigenvalue weighted by Crippen LogP contribution is -2.27. The van der Waals surface area contributed by atoms with Crippen LogP contribution in [-0.2, 0) is 16.1 Å². The number of rotatable bonds is 4. The quantitative estimate of drug-likeness (QED) is 0.533. The maximum Gasteiger partial charge on any atom is 0.337 e. The number of amides is 1. The number of ether oxygens (including phenoxy) is 1. The monoisotopic (exact) mass is 394 g/mol. The number of anilines is 1. The van der Waals surface area contributed by atoms with E-state index in [-0.39, 0.29) is 18.0 Å². The second-order valence-electron chi connectivity index (χ2n) is 5.93. The zero-order chi connectivity index (χ0) is 19.7. The van der Waals surface area contributed by atoms with Crippen molar-refractivity contribution in [3.8, 4) is 0 Å². The Morgan fingerprint density at radius 2 is 1.96 bits per heavy atom. The van der Waals surface area contributed by atoms with Gasteiger partial charge >= 0.3 is 5.97 Å². The molecule has 1 N–H and O–H groups in total. The number of aromatic nitrogens is 3. The number of fused-ring (bicyclic) bond motifs is 3. The first-order valence-electron chi connectivity index (χ1n) is 8.27. The molecule has 0 aliphatic carbocycles. The van der Waals surface area contributed by atoms with Gasteiger partial charge in [0.2, 0.25) is 5.91 Å². The molecule has 28 heavy (non-hydrogen) atoms. The molecule has 1 amide bonds. The van der Waals surface area contributed by atoms with Gasteiger partial charge in [-0.1, -0.05) is 0 Å². The number of pyridine rings is 1. The minimum Gasteiger partial charge on any atom is -0.465 e. The number of carbonyl (C=O) groups excluding carboxylic acids is 2. The molecular formula is C19H14N4O4S. The molecule has 140 valence electrons. The average Bonchev–Trinajstić information content (AvgIpc) is 3.09. The summed E-state index contributed by atoms with van der Waals surface area (Å²) in [6, 6.07) is 9.93. The molecule has 0 aliphatic heterocycles. The fraction of sp³-hybridized carbons (Fsp3) is 0.105. The van der Waals surface area contributed by atoms with Crippen molar-refractivity contribution in [2.45, 2.75) is 6.54 Å². The second-order valence-corrected chi connectivity index (χ2v) is 6.93. The third-order valence-electron chi connectivity index (χ3n) is 4.13. The number of hydrogen-bond donors (Lipinski definition) is 1. The Morgan fingerprint density at radius 1 is 1.18 bits per heavy atom. The van der Waals surface area contributed by atoms with Crippen LogP contribution in [0.4, 0.5) is 5.69 Å². The molecule has 0 unspecified atom stereocenters. The number of nitrogens with one attached hydrogen (secondary N) is 1. The van der Waals surface area contributed by atoms with E-state index in [1.807, 2.05) is 6.07 Å². The summed E-state index contributed by atoms with van der Waals surface area (Å²) < 4.78 is 6.36. The smallest absolute Gasteiger partial charge is 0.337 e. The molecule has 0 saturated heterocycles. The Balaban J connectivity index is 1.55. The van der Waals surface area contributed by atoms with E-state index in [0.717, 1.165) is 10.2 Å². The maximum atomic E-state index is 12.7. The highest BCUT2D eigenvalue weighted by Gasteiger charge is 2.14. The lowest BCUT2D eigenvalue weighted by atomic mass is 10.2. The molecule has 8 nitrogen and oxygen atoms in total. The third-order valence-corrected chi connectivity index (χ3v) is 5.22. The molecule has 9 heteroatoms. The van der Waals surface area contributed by atoms with Gasteiger partial charge < -0.3 is 10.1 Å². The number of carbonyl (C=O) groups is 2. The largest absolute Gasteiger partial charge is 0.465 e. The Hall–Kier alpha value is -3.59. The van der Waals surface area contributed by atoms with Gasteiger partial charge in [0.1, 0.15) is 16.1 Å². The van der Waals surface area contributed by atoms with E-state index in [2.05, 4.69) is 20.0 Å². The van der Waals surface area contributed by atoms with Crippen molar-refractivity contribution < 1.29 is 14.3 Å². The van der Waals surface area contributed by atoms with Crippen LogP contribution in [0.3, 0.4) is 0 Å². The summed E-state index contributed by atoms with van der Waals surface area (Å²) in [5.41, 5.74) is 1.19. The van der Waals surface area contributed by atoms with Gasteiger partial charge in [-0.3, -0.25) is 14.2 Å². The van der Waals surface area contributed by atoms with E-state index < -0.39 is 5.97 Å². The highest BCUT2D eigenvalue weighted by molar-refractivity contribution is 7.25. The van der Waals surface area contributed by atoms with Crippen molar-refractivity contribution in [2.24, 2.45) is 0 Å². The highest BCUT2D eigenvalue weighted by atomic mass is 32.1. The van der Waals surface area contributed by atoms with Crippen molar-refractivity contribution in [3.05, 3.63) is 64.8 Å². The summed E-state index contributed by atoms with van der Waals surface area (Å²) in [7, 11) is 1.30. The van der Waals surface area contributed by atoms with Crippen LogP contribution in [0, 0.1) is 0 Å². The lowest BCUT2D eigenvalue weighted by Gasteiger charge is -2.08. The van der Waals surface area contributed by atoms with Gasteiger partial charge in [-0.05, 0) is 36.4 Å². The molecule has 0 spiro atoms. The summed E-state index contributed by atoms with van der Waals surface area (Å²) in [6.45, 7) is -0.178. The van der Waals surface area contributed by atoms with E-state index in [9.17, 15) is 14.4 Å². The van der Waals surface area contributed by atoms with E-state index in [4.69, 9.17) is 0 Å². The fourth-order valence-corrected chi connectivity index (χ4v) is 3.82. The molecule has 4 rings (SSSR count). The summed E-state index contributed by atoms with van der Waals surface area (Å²) in [6.07, 6.45) is 3.03. The van der Waals surface area contributed by atoms with Crippen molar-refractivity contribution >= 4 is 49.3 Å². The molecule has 4 aromatic rings. The number of methoxy groups -OCH3 is 1. The number of thiophene rings is 1. The highest BCUT2D eigenvalue weighted by Crippen LogP contribution is 2.27. The van der Waals surface area contributed by atoms with Gasteiger partial charge in [0, 0.05) is 17.3 Å². The van der Waals surface area contributed by atoms with Crippen LogP contribution in [0.5, 0.6) is 0 Å². The molecule has 0 radical (unpaired) electrons. The minimum absolute atomic E-state index is 0.178. The van der Waals surface area contributed by atoms with Gasteiger partial charge in [0.15, 0.2) is 0 Å². The molecule has 0 atom stereocenters. The summed E-state index contributed by atoms with van der Waals surface area (Å²) in [5, 5.41) is 3.51. The van der Waals surface area contributed by atoms with Gasteiger partial charge in [-0.2, -0.15) is 0 Å². The molecule has 0 aliphatic rings. The van der Waals surface area contributed by atoms with Gasteiger partial charge in [-0.25, -0.2) is 14.8 Å². The van der Waals surface area contributed by atoms with Gasteiger partial charge in [0.25, 0.3) is 5.56 Å². The van der Waals surface area contributed by atoms with E-state index in [1.54, 1.807) is 36.5 Å². The second kappa shape index (κ2) is 7.20. The molecular weight excluding hydrogens is 380 g/mol. The van der Waals surface area contributed by atoms with Crippen molar-refractivity contribution in [2.75, 3.05) is 12.4 Å². The van der Waals surface area contributed by atoms with Crippen LogP contribution in [0.2, 0.25) is 0 Å². The average molecular weight is 394 g/mol. The zero-order valence-corrected chi connectivity index (χ0v) is 15.5. The molecule has 0 saturated carbocycles. The molecule has 0 fully saturated rings. The number of esters is 1. The normalized spacial score (nSPS) is 10.9. The Labute approximate surface area is 162 Å². The summed E-state index contributed by atoms with van der Waals surface area (Å²) in [5.74, 6) is -0.838. The van der Waals surface area contributed by atoms with E-state index in [1.165, 1.54) is 29.3 Å². The number of benzene rings is 1. The topological polar surface area (TPSA) is 103 Å². The number of hydrogen-bond acceptors (Lipinski definition) is 7. The van der Waals surface area contributed by atoms with Crippen LogP contribution < -0.4 is 10.9 Å². The molecule has 0 bridgehead atoms. The van der Waals surface area contributed by atoms with Crippen LogP contribution in [0.1, 0.15) is 10.4 Å². The number of nitrogens with zero attached hydrogens (tertiary/aromatic N) is 3. The summed E-state index contributed by atoms with van der Waals surface area (Å²) in [4.78, 5) is 45.8. The van der Waals surface area contributed by atoms with Gasteiger partial charge in [0.05, 0.1) is 24.5 Å². The molecule has 3 heterocycles. The Kier molecular flexibility index (Phi) is 4.58. The first-order valence-corrected chi connectivity index (χ1v) is 9.09. The van der Waals surface area contributed by atoms with Crippen LogP contribution in [0.15, 0.2) is 53.7 Å². The third kappa shape index (κ3) is 3.23. The first-order chi connectivity index (χ1) is 13.6. The van der Waals surface area contributed by atoms with Crippen molar-refractivity contribution in [3.63, 3.8) is 0 Å². The van der Waals surface area contributed by atoms with E-state index in [0.29, 0.717) is 21.5 Å². The fourth-order valence-electron chi connectivity index (χ4n) is 2.78. The summed E-state index contributed by atoms with van der Waals surface area (Å²) >= 11 is 1.26. The predicted octanol–water partition coefficient (Wildman–Crippen LogP) is 2.43. The Morgan fingerprint density at radius 3 is 2.71 bits per heavy atom. The zero-order valence-electron chi connectivity index (χ0n) is 14.7. The Bertz CT molecular complexity index is 1260. The predicted molar refractivity (Wildman–Crippen MR) is 106 cm³/mol. The molecule has 3 aromatic heterocycles. The maximum absolute atomic E-state index is 12.7. The van der Waals surface area contributed by atoms with Crippen molar-refractivity contribution in [1.29, 1.82) is 0 Å².